The second-order valence-electron chi connectivity index (χ2n) is 10.9. The third kappa shape index (κ3) is 12.0. The van der Waals surface area contributed by atoms with Crippen molar-refractivity contribution >= 4 is 11.9 Å². The molecule has 0 aliphatic rings. The molecular weight excluding hydrogens is 558 g/mol. The van der Waals surface area contributed by atoms with Crippen molar-refractivity contribution in [1.82, 2.24) is 0 Å². The average Bonchev–Trinajstić information content (AvgIpc) is 3.05. The van der Waals surface area contributed by atoms with Crippen molar-refractivity contribution in [3.8, 4) is 28.4 Å². The van der Waals surface area contributed by atoms with Crippen LogP contribution in [0.15, 0.2) is 66.7 Å². The number of carbonyl (C=O) groups excluding carboxylic acids is 2. The average molecular weight is 606 g/mol. The van der Waals surface area contributed by atoms with Gasteiger partial charge in [-0.2, -0.15) is 5.90 Å². The summed E-state index contributed by atoms with van der Waals surface area (Å²) in [5, 5.41) is 0. The SMILES string of the molecule is CCCCCCCCOC(=O)c1ccc(-c2ccc(OC(=O)c3ccc(OCCCCCCCC)c(OON)c3)cc2)cc1. The van der Waals surface area contributed by atoms with Gasteiger partial charge in [0.05, 0.1) is 24.3 Å². The number of rotatable bonds is 21. The first kappa shape index (κ1) is 34.6. The molecule has 3 rings (SSSR count). The van der Waals surface area contributed by atoms with Gasteiger partial charge in [0.1, 0.15) is 5.75 Å². The molecule has 238 valence electrons. The number of ether oxygens (including phenoxy) is 3. The standard InChI is InChI=1S/C36H47NO7/c1-3-5-7-9-11-13-25-40-33-24-21-31(27-34(33)43-44-37)36(39)42-32-22-19-29(20-23-32)28-15-17-30(18-16-28)35(38)41-26-14-12-10-8-6-4-2/h15-24,27H,3-14,25-26,37H2,1-2H3. The van der Waals surface area contributed by atoms with Crippen molar-refractivity contribution < 1.29 is 33.7 Å². The fraction of sp³-hybridized carbons (Fsp3) is 0.444. The maximum atomic E-state index is 12.8. The Hall–Kier alpha value is -3.88. The summed E-state index contributed by atoms with van der Waals surface area (Å²) >= 11 is 0. The number of carbonyl (C=O) groups is 2. The van der Waals surface area contributed by atoms with Crippen LogP contribution in [0.5, 0.6) is 17.2 Å². The van der Waals surface area contributed by atoms with Gasteiger partial charge >= 0.3 is 11.9 Å². The van der Waals surface area contributed by atoms with Crippen LogP contribution < -0.4 is 20.3 Å². The quantitative estimate of drug-likeness (QED) is 0.0421. The molecule has 0 aliphatic heterocycles. The molecule has 0 aliphatic carbocycles. The lowest BCUT2D eigenvalue weighted by Crippen LogP contribution is -2.11. The van der Waals surface area contributed by atoms with Gasteiger partial charge in [0.25, 0.3) is 0 Å². The van der Waals surface area contributed by atoms with Gasteiger partial charge in [-0.3, -0.25) is 0 Å². The lowest BCUT2D eigenvalue weighted by atomic mass is 10.0. The molecule has 8 heteroatoms. The highest BCUT2D eigenvalue weighted by Crippen LogP contribution is 2.30. The summed E-state index contributed by atoms with van der Waals surface area (Å²) in [6, 6.07) is 19.1. The van der Waals surface area contributed by atoms with Gasteiger partial charge in [0.2, 0.25) is 5.75 Å². The third-order valence-corrected chi connectivity index (χ3v) is 7.32. The molecule has 2 N–H and O–H groups in total. The van der Waals surface area contributed by atoms with Crippen molar-refractivity contribution in [3.63, 3.8) is 0 Å². The Morgan fingerprint density at radius 1 is 0.591 bits per heavy atom. The van der Waals surface area contributed by atoms with Crippen LogP contribution in [0, 0.1) is 0 Å². The molecule has 3 aromatic rings. The van der Waals surface area contributed by atoms with Crippen LogP contribution in [0.2, 0.25) is 0 Å². The Balaban J connectivity index is 1.49. The first-order chi connectivity index (χ1) is 21.5. The molecule has 8 nitrogen and oxygen atoms in total. The van der Waals surface area contributed by atoms with E-state index < -0.39 is 5.97 Å². The zero-order chi connectivity index (χ0) is 31.4. The number of unbranched alkanes of at least 4 members (excludes halogenated alkanes) is 10. The Bertz CT molecular complexity index is 1260. The Morgan fingerprint density at radius 2 is 1.14 bits per heavy atom. The van der Waals surface area contributed by atoms with Crippen LogP contribution >= 0.6 is 0 Å². The Labute approximate surface area is 261 Å². The highest BCUT2D eigenvalue weighted by molar-refractivity contribution is 5.92. The minimum absolute atomic E-state index is 0.193. The van der Waals surface area contributed by atoms with E-state index >= 15 is 0 Å². The molecule has 0 saturated heterocycles. The minimum atomic E-state index is -0.564. The molecule has 3 aromatic carbocycles. The van der Waals surface area contributed by atoms with Gasteiger partial charge < -0.3 is 19.1 Å². The number of nitrogens with two attached hydrogens (primary N) is 1. The van der Waals surface area contributed by atoms with Crippen molar-refractivity contribution in [2.45, 2.75) is 90.9 Å². The molecule has 0 bridgehead atoms. The second-order valence-corrected chi connectivity index (χ2v) is 10.9. The van der Waals surface area contributed by atoms with Crippen LogP contribution in [-0.4, -0.2) is 25.2 Å². The molecule has 0 heterocycles. The second kappa shape index (κ2) is 20.1. The van der Waals surface area contributed by atoms with Crippen molar-refractivity contribution in [1.29, 1.82) is 0 Å². The van der Waals surface area contributed by atoms with E-state index in [1.54, 1.807) is 36.4 Å². The summed E-state index contributed by atoms with van der Waals surface area (Å²) < 4.78 is 16.8. The molecule has 0 aromatic heterocycles. The Morgan fingerprint density at radius 3 is 1.75 bits per heavy atom. The van der Waals surface area contributed by atoms with Crippen molar-refractivity contribution in [2.75, 3.05) is 13.2 Å². The fourth-order valence-electron chi connectivity index (χ4n) is 4.75. The summed E-state index contributed by atoms with van der Waals surface area (Å²) in [6.45, 7) is 5.36. The topological polar surface area (TPSA) is 106 Å². The van der Waals surface area contributed by atoms with Crippen LogP contribution in [0.25, 0.3) is 11.1 Å². The zero-order valence-electron chi connectivity index (χ0n) is 26.2. The zero-order valence-corrected chi connectivity index (χ0v) is 26.2. The largest absolute Gasteiger partial charge is 0.490 e. The lowest BCUT2D eigenvalue weighted by molar-refractivity contribution is -0.212. The van der Waals surface area contributed by atoms with E-state index in [-0.39, 0.29) is 17.3 Å². The van der Waals surface area contributed by atoms with Gasteiger partial charge in [0.15, 0.2) is 5.75 Å². The molecule has 0 radical (unpaired) electrons. The number of hydrogen-bond donors (Lipinski definition) is 1. The summed E-state index contributed by atoms with van der Waals surface area (Å²) in [5.41, 5.74) is 2.62. The van der Waals surface area contributed by atoms with Gasteiger partial charge in [-0.25, -0.2) is 9.59 Å². The first-order valence-corrected chi connectivity index (χ1v) is 16.0. The lowest BCUT2D eigenvalue weighted by Gasteiger charge is -2.12. The van der Waals surface area contributed by atoms with E-state index in [2.05, 4.69) is 18.8 Å². The molecular formula is C36H47NO7. The smallest absolute Gasteiger partial charge is 0.343 e. The van der Waals surface area contributed by atoms with E-state index in [1.807, 2.05) is 24.3 Å². The van der Waals surface area contributed by atoms with E-state index in [0.29, 0.717) is 30.3 Å². The molecule has 0 unspecified atom stereocenters. The molecule has 0 amide bonds. The fourth-order valence-corrected chi connectivity index (χ4v) is 4.75. The number of esters is 2. The maximum absolute atomic E-state index is 12.8. The molecule has 0 fully saturated rings. The van der Waals surface area contributed by atoms with Crippen molar-refractivity contribution in [3.05, 3.63) is 77.9 Å². The van der Waals surface area contributed by atoms with Crippen LogP contribution in [-0.2, 0) is 9.73 Å². The van der Waals surface area contributed by atoms with E-state index in [1.165, 1.54) is 57.4 Å². The van der Waals surface area contributed by atoms with Gasteiger partial charge in [-0.05, 0) is 60.4 Å². The van der Waals surface area contributed by atoms with Gasteiger partial charge in [-0.1, -0.05) is 107 Å². The number of benzene rings is 3. The highest BCUT2D eigenvalue weighted by Gasteiger charge is 2.15. The molecule has 44 heavy (non-hydrogen) atoms. The molecule has 0 saturated carbocycles. The van der Waals surface area contributed by atoms with Gasteiger partial charge in [0, 0.05) is 6.07 Å². The predicted molar refractivity (Wildman–Crippen MR) is 172 cm³/mol. The van der Waals surface area contributed by atoms with E-state index in [4.69, 9.17) is 25.0 Å². The molecule has 0 spiro atoms. The van der Waals surface area contributed by atoms with Crippen LogP contribution in [0.3, 0.4) is 0 Å². The predicted octanol–water partition coefficient (Wildman–Crippen LogP) is 9.01. The van der Waals surface area contributed by atoms with Crippen LogP contribution in [0.1, 0.15) is 112 Å². The van der Waals surface area contributed by atoms with E-state index in [0.717, 1.165) is 36.8 Å². The summed E-state index contributed by atoms with van der Waals surface area (Å²) in [6.07, 6.45) is 13.7. The molecule has 0 atom stereocenters. The normalized spacial score (nSPS) is 10.8. The monoisotopic (exact) mass is 605 g/mol. The van der Waals surface area contributed by atoms with Crippen LogP contribution in [0.4, 0.5) is 0 Å². The number of hydrogen-bond acceptors (Lipinski definition) is 8. The highest BCUT2D eigenvalue weighted by atomic mass is 17.3. The third-order valence-electron chi connectivity index (χ3n) is 7.32. The first-order valence-electron chi connectivity index (χ1n) is 16.0. The summed E-state index contributed by atoms with van der Waals surface area (Å²) in [4.78, 5) is 34.6. The van der Waals surface area contributed by atoms with Crippen molar-refractivity contribution in [2.24, 2.45) is 5.90 Å². The summed E-state index contributed by atoms with van der Waals surface area (Å²) in [5.74, 6) is 5.25. The van der Waals surface area contributed by atoms with E-state index in [9.17, 15) is 9.59 Å². The Kier molecular flexibility index (Phi) is 15.8. The van der Waals surface area contributed by atoms with Gasteiger partial charge in [-0.15, -0.1) is 0 Å². The maximum Gasteiger partial charge on any atom is 0.343 e. The summed E-state index contributed by atoms with van der Waals surface area (Å²) in [7, 11) is 0. The minimum Gasteiger partial charge on any atom is -0.490 e.